The molecule has 1 aromatic rings. The molecule has 1 rings (SSSR count). The molecule has 100 valence electrons. The van der Waals surface area contributed by atoms with Crippen molar-refractivity contribution in [3.8, 4) is 0 Å². The van der Waals surface area contributed by atoms with Gasteiger partial charge >= 0.3 is 6.18 Å². The van der Waals surface area contributed by atoms with E-state index in [1.165, 1.54) is 0 Å². The van der Waals surface area contributed by atoms with E-state index in [0.29, 0.717) is 11.3 Å². The van der Waals surface area contributed by atoms with E-state index in [-0.39, 0.29) is 18.8 Å². The normalized spacial score (nSPS) is 11.6. The average molecular weight is 261 g/mol. The molecule has 0 unspecified atom stereocenters. The molecular weight excluding hydrogens is 247 g/mol. The number of ether oxygens (including phenoxy) is 1. The molecule has 6 heteroatoms. The number of alkyl halides is 3. The number of rotatable bonds is 5. The third-order valence-electron chi connectivity index (χ3n) is 2.33. The van der Waals surface area contributed by atoms with Crippen molar-refractivity contribution < 1.29 is 22.7 Å². The first-order valence-corrected chi connectivity index (χ1v) is 5.33. The van der Waals surface area contributed by atoms with Crippen LogP contribution in [0.5, 0.6) is 0 Å². The lowest BCUT2D eigenvalue weighted by Crippen LogP contribution is -2.18. The summed E-state index contributed by atoms with van der Waals surface area (Å²) in [6.07, 6.45) is -4.44. The van der Waals surface area contributed by atoms with Crippen molar-refractivity contribution in [1.82, 2.24) is 0 Å². The van der Waals surface area contributed by atoms with Crippen LogP contribution < -0.4 is 5.73 Å². The van der Waals surface area contributed by atoms with Gasteiger partial charge in [-0.1, -0.05) is 0 Å². The monoisotopic (exact) mass is 261 g/mol. The van der Waals surface area contributed by atoms with Crippen LogP contribution in [-0.2, 0) is 4.74 Å². The Morgan fingerprint density at radius 1 is 1.39 bits per heavy atom. The van der Waals surface area contributed by atoms with Gasteiger partial charge < -0.3 is 10.5 Å². The number of ketones is 1. The maximum atomic E-state index is 11.8. The minimum atomic E-state index is -4.36. The summed E-state index contributed by atoms with van der Waals surface area (Å²) in [6, 6.07) is 4.76. The smallest absolute Gasteiger partial charge is 0.399 e. The molecule has 0 aromatic heterocycles. The van der Waals surface area contributed by atoms with E-state index in [9.17, 15) is 18.0 Å². The highest BCUT2D eigenvalue weighted by Crippen LogP contribution is 2.16. The van der Waals surface area contributed by atoms with E-state index in [1.54, 1.807) is 25.1 Å². The van der Waals surface area contributed by atoms with Crippen molar-refractivity contribution >= 4 is 11.5 Å². The maximum Gasteiger partial charge on any atom is 0.411 e. The van der Waals surface area contributed by atoms with Crippen molar-refractivity contribution in [3.05, 3.63) is 29.3 Å². The molecule has 0 saturated carbocycles. The molecule has 0 bridgehead atoms. The minimum absolute atomic E-state index is 0.0839. The van der Waals surface area contributed by atoms with Gasteiger partial charge in [-0.15, -0.1) is 0 Å². The first kappa shape index (κ1) is 14.5. The summed E-state index contributed by atoms with van der Waals surface area (Å²) in [5.41, 5.74) is 7.36. The maximum absolute atomic E-state index is 11.8. The molecule has 0 atom stereocenters. The van der Waals surface area contributed by atoms with E-state index < -0.39 is 12.8 Å². The molecule has 3 nitrogen and oxygen atoms in total. The van der Waals surface area contributed by atoms with Gasteiger partial charge in [0.2, 0.25) is 0 Å². The Balaban J connectivity index is 2.43. The van der Waals surface area contributed by atoms with Gasteiger partial charge in [0.05, 0.1) is 6.61 Å². The topological polar surface area (TPSA) is 52.3 Å². The van der Waals surface area contributed by atoms with Crippen LogP contribution in [0.4, 0.5) is 18.9 Å². The fraction of sp³-hybridized carbons (Fsp3) is 0.417. The van der Waals surface area contributed by atoms with Crippen LogP contribution in [0.25, 0.3) is 0 Å². The lowest BCUT2D eigenvalue weighted by atomic mass is 10.0. The van der Waals surface area contributed by atoms with E-state index in [1.807, 2.05) is 0 Å². The van der Waals surface area contributed by atoms with Gasteiger partial charge in [0.15, 0.2) is 5.78 Å². The Morgan fingerprint density at radius 2 is 2.06 bits per heavy atom. The number of anilines is 1. The van der Waals surface area contributed by atoms with Crippen LogP contribution >= 0.6 is 0 Å². The number of carbonyl (C=O) groups excluding carboxylic acids is 1. The van der Waals surface area contributed by atoms with Gasteiger partial charge in [-0.05, 0) is 30.7 Å². The minimum Gasteiger partial charge on any atom is -0.399 e. The number of Topliss-reactive ketones (excluding diaryl/α,β-unsaturated/α-hetero) is 1. The van der Waals surface area contributed by atoms with Gasteiger partial charge in [0.1, 0.15) is 6.61 Å². The van der Waals surface area contributed by atoms with Crippen molar-refractivity contribution in [1.29, 1.82) is 0 Å². The zero-order chi connectivity index (χ0) is 13.8. The summed E-state index contributed by atoms with van der Waals surface area (Å²) in [7, 11) is 0. The summed E-state index contributed by atoms with van der Waals surface area (Å²) in [5.74, 6) is -0.264. The first-order chi connectivity index (χ1) is 8.29. The van der Waals surface area contributed by atoms with Crippen LogP contribution in [0, 0.1) is 6.92 Å². The van der Waals surface area contributed by atoms with Gasteiger partial charge in [-0.2, -0.15) is 13.2 Å². The second-order valence-electron chi connectivity index (χ2n) is 3.91. The second-order valence-corrected chi connectivity index (χ2v) is 3.91. The lowest BCUT2D eigenvalue weighted by Gasteiger charge is -2.07. The number of hydrogen-bond donors (Lipinski definition) is 1. The van der Waals surface area contributed by atoms with E-state index in [0.717, 1.165) is 5.56 Å². The van der Waals surface area contributed by atoms with Crippen LogP contribution in [0.1, 0.15) is 22.3 Å². The van der Waals surface area contributed by atoms with Crippen LogP contribution in [-0.4, -0.2) is 25.2 Å². The SMILES string of the molecule is Cc1cc(C(=O)CCOCC(F)(F)F)ccc1N. The predicted octanol–water partition coefficient (Wildman–Crippen LogP) is 2.73. The molecule has 0 spiro atoms. The first-order valence-electron chi connectivity index (χ1n) is 5.33. The molecule has 0 radical (unpaired) electrons. The van der Waals surface area contributed by atoms with Crippen LogP contribution in [0.2, 0.25) is 0 Å². The van der Waals surface area contributed by atoms with Crippen molar-refractivity contribution in [2.24, 2.45) is 0 Å². The summed E-state index contributed by atoms with van der Waals surface area (Å²) >= 11 is 0. The molecule has 1 aromatic carbocycles. The third kappa shape index (κ3) is 4.75. The number of benzene rings is 1. The average Bonchev–Trinajstić information content (AvgIpc) is 2.26. The summed E-state index contributed by atoms with van der Waals surface area (Å²) in [4.78, 5) is 11.6. The van der Waals surface area contributed by atoms with E-state index in [2.05, 4.69) is 4.74 Å². The van der Waals surface area contributed by atoms with E-state index in [4.69, 9.17) is 5.73 Å². The molecule has 2 N–H and O–H groups in total. The molecule has 0 aliphatic heterocycles. The molecular formula is C12H14F3NO2. The summed E-state index contributed by atoms with van der Waals surface area (Å²) in [6.45, 7) is 0.176. The Hall–Kier alpha value is -1.56. The molecule has 18 heavy (non-hydrogen) atoms. The van der Waals surface area contributed by atoms with Gasteiger partial charge in [-0.25, -0.2) is 0 Å². The molecule has 0 aliphatic rings. The number of carbonyl (C=O) groups is 1. The van der Waals surface area contributed by atoms with Crippen molar-refractivity contribution in [3.63, 3.8) is 0 Å². The van der Waals surface area contributed by atoms with Gasteiger partial charge in [-0.3, -0.25) is 4.79 Å². The largest absolute Gasteiger partial charge is 0.411 e. The van der Waals surface area contributed by atoms with Crippen molar-refractivity contribution in [2.45, 2.75) is 19.5 Å². The Labute approximate surface area is 103 Å². The second kappa shape index (κ2) is 5.86. The van der Waals surface area contributed by atoms with Crippen LogP contribution in [0.3, 0.4) is 0 Å². The molecule has 0 saturated heterocycles. The molecule has 0 fully saturated rings. The fourth-order valence-electron chi connectivity index (χ4n) is 1.35. The zero-order valence-electron chi connectivity index (χ0n) is 9.88. The highest BCUT2D eigenvalue weighted by atomic mass is 19.4. The Bertz CT molecular complexity index is 430. The Morgan fingerprint density at radius 3 is 2.61 bits per heavy atom. The molecule has 0 amide bonds. The number of aryl methyl sites for hydroxylation is 1. The third-order valence-corrected chi connectivity index (χ3v) is 2.33. The molecule has 0 heterocycles. The number of hydrogen-bond acceptors (Lipinski definition) is 3. The summed E-state index contributed by atoms with van der Waals surface area (Å²) in [5, 5.41) is 0. The highest BCUT2D eigenvalue weighted by Gasteiger charge is 2.27. The highest BCUT2D eigenvalue weighted by molar-refractivity contribution is 5.96. The Kier molecular flexibility index (Phi) is 4.72. The van der Waals surface area contributed by atoms with E-state index >= 15 is 0 Å². The predicted molar refractivity (Wildman–Crippen MR) is 61.4 cm³/mol. The number of halogens is 3. The lowest BCUT2D eigenvalue weighted by molar-refractivity contribution is -0.173. The molecule has 0 aliphatic carbocycles. The summed E-state index contributed by atoms with van der Waals surface area (Å²) < 4.78 is 39.7. The standard InChI is InChI=1S/C12H14F3NO2/c1-8-6-9(2-3-10(8)16)11(17)4-5-18-7-12(13,14)15/h2-3,6H,4-5,7,16H2,1H3. The van der Waals surface area contributed by atoms with Crippen LogP contribution in [0.15, 0.2) is 18.2 Å². The van der Waals surface area contributed by atoms with Crippen molar-refractivity contribution in [2.75, 3.05) is 18.9 Å². The van der Waals surface area contributed by atoms with Gasteiger partial charge in [0, 0.05) is 17.7 Å². The zero-order valence-corrected chi connectivity index (χ0v) is 9.88. The fourth-order valence-corrected chi connectivity index (χ4v) is 1.35. The number of nitrogens with two attached hydrogens (primary N) is 1. The van der Waals surface area contributed by atoms with Gasteiger partial charge in [0.25, 0.3) is 0 Å². The quantitative estimate of drug-likeness (QED) is 0.503. The number of nitrogen functional groups attached to an aromatic ring is 1.